The number of aromatic nitrogens is 2. The second-order valence-electron chi connectivity index (χ2n) is 5.48. The zero-order valence-corrected chi connectivity index (χ0v) is 12.3. The number of nitrogens with zero attached hydrogens (tertiary/aromatic N) is 2. The third kappa shape index (κ3) is 2.96. The molecule has 0 saturated heterocycles. The van der Waals surface area contributed by atoms with Crippen molar-refractivity contribution in [3.63, 3.8) is 0 Å². The Kier molecular flexibility index (Phi) is 3.74. The molecule has 1 aromatic carbocycles. The lowest BCUT2D eigenvalue weighted by atomic mass is 9.92. The number of ketones is 1. The van der Waals surface area contributed by atoms with E-state index in [1.165, 1.54) is 5.56 Å². The van der Waals surface area contributed by atoms with E-state index in [0.717, 1.165) is 30.1 Å². The van der Waals surface area contributed by atoms with Gasteiger partial charge in [0.15, 0.2) is 5.78 Å². The van der Waals surface area contributed by atoms with Crippen molar-refractivity contribution in [1.29, 1.82) is 0 Å². The summed E-state index contributed by atoms with van der Waals surface area (Å²) in [5, 5.41) is 0.746. The van der Waals surface area contributed by atoms with Crippen LogP contribution in [0.5, 0.6) is 0 Å². The number of rotatable bonds is 5. The number of halogens is 1. The van der Waals surface area contributed by atoms with Gasteiger partial charge >= 0.3 is 0 Å². The van der Waals surface area contributed by atoms with Crippen molar-refractivity contribution in [3.05, 3.63) is 58.6 Å². The van der Waals surface area contributed by atoms with Gasteiger partial charge in [-0.05, 0) is 30.5 Å². The van der Waals surface area contributed by atoms with Crippen LogP contribution in [0, 0.1) is 0 Å². The zero-order valence-electron chi connectivity index (χ0n) is 11.6. The van der Waals surface area contributed by atoms with E-state index < -0.39 is 0 Å². The number of hydrogen-bond donors (Lipinski definition) is 1. The summed E-state index contributed by atoms with van der Waals surface area (Å²) in [6.45, 7) is -0.0164. The average Bonchev–Trinajstić information content (AvgIpc) is 3.28. The highest BCUT2D eigenvalue weighted by Crippen LogP contribution is 2.50. The molecule has 2 aromatic rings. The first kappa shape index (κ1) is 14.2. The van der Waals surface area contributed by atoms with Crippen LogP contribution >= 0.6 is 11.6 Å². The third-order valence-corrected chi connectivity index (χ3v) is 4.27. The van der Waals surface area contributed by atoms with Crippen molar-refractivity contribution in [1.82, 2.24) is 9.97 Å². The summed E-state index contributed by atoms with van der Waals surface area (Å²) >= 11 is 5.94. The van der Waals surface area contributed by atoms with Crippen LogP contribution in [0.2, 0.25) is 5.02 Å². The first-order valence-corrected chi connectivity index (χ1v) is 7.31. The summed E-state index contributed by atoms with van der Waals surface area (Å²) in [5.41, 5.74) is 7.20. The fourth-order valence-electron chi connectivity index (χ4n) is 2.53. The summed E-state index contributed by atoms with van der Waals surface area (Å²) in [6, 6.07) is 7.98. The molecule has 2 N–H and O–H groups in total. The lowest BCUT2D eigenvalue weighted by Crippen LogP contribution is -2.16. The summed E-state index contributed by atoms with van der Waals surface area (Å²) in [7, 11) is 0. The molecule has 5 heteroatoms. The monoisotopic (exact) mass is 301 g/mol. The van der Waals surface area contributed by atoms with Gasteiger partial charge in [-0.2, -0.15) is 0 Å². The summed E-state index contributed by atoms with van der Waals surface area (Å²) in [5.74, 6) is 0.622. The Bertz CT molecular complexity index is 648. The average molecular weight is 302 g/mol. The van der Waals surface area contributed by atoms with E-state index in [2.05, 4.69) is 22.1 Å². The Morgan fingerprint density at radius 3 is 2.33 bits per heavy atom. The minimum Gasteiger partial charge on any atom is -0.324 e. The standard InChI is InChI=1S/C16H16ClN3O/c17-13-3-1-12(2-4-13)16(5-6-16)7-15-19-9-11(10-20-15)14(21)8-18/h1-4,9-10H,5-8,18H2. The van der Waals surface area contributed by atoms with E-state index in [-0.39, 0.29) is 17.7 Å². The second-order valence-corrected chi connectivity index (χ2v) is 5.92. The molecule has 0 radical (unpaired) electrons. The molecule has 0 bridgehead atoms. The first-order chi connectivity index (χ1) is 10.1. The third-order valence-electron chi connectivity index (χ3n) is 4.02. The van der Waals surface area contributed by atoms with Crippen LogP contribution in [0.1, 0.15) is 34.6 Å². The molecular weight excluding hydrogens is 286 g/mol. The van der Waals surface area contributed by atoms with Gasteiger partial charge in [-0.1, -0.05) is 23.7 Å². The highest BCUT2D eigenvalue weighted by atomic mass is 35.5. The summed E-state index contributed by atoms with van der Waals surface area (Å²) < 4.78 is 0. The molecule has 108 valence electrons. The first-order valence-electron chi connectivity index (χ1n) is 6.93. The van der Waals surface area contributed by atoms with E-state index in [1.54, 1.807) is 12.4 Å². The topological polar surface area (TPSA) is 68.9 Å². The van der Waals surface area contributed by atoms with Gasteiger partial charge < -0.3 is 5.73 Å². The molecule has 0 spiro atoms. The molecular formula is C16H16ClN3O. The molecule has 1 saturated carbocycles. The molecule has 21 heavy (non-hydrogen) atoms. The number of carbonyl (C=O) groups is 1. The van der Waals surface area contributed by atoms with Crippen molar-refractivity contribution in [3.8, 4) is 0 Å². The van der Waals surface area contributed by atoms with E-state index in [9.17, 15) is 4.79 Å². The molecule has 1 aliphatic rings. The van der Waals surface area contributed by atoms with Crippen LogP contribution in [-0.4, -0.2) is 22.3 Å². The van der Waals surface area contributed by atoms with Crippen LogP contribution < -0.4 is 5.73 Å². The lowest BCUT2D eigenvalue weighted by molar-refractivity contribution is 0.100. The predicted octanol–water partition coefficient (Wildman–Crippen LogP) is 2.55. The Morgan fingerprint density at radius 2 is 1.81 bits per heavy atom. The highest BCUT2D eigenvalue weighted by Gasteiger charge is 2.44. The van der Waals surface area contributed by atoms with Crippen LogP contribution in [0.4, 0.5) is 0 Å². The summed E-state index contributed by atoms with van der Waals surface area (Å²) in [6.07, 6.45) is 6.17. The normalized spacial score (nSPS) is 15.7. The van der Waals surface area contributed by atoms with E-state index in [4.69, 9.17) is 17.3 Å². The Labute approximate surface area is 128 Å². The number of benzene rings is 1. The van der Waals surface area contributed by atoms with E-state index in [0.29, 0.717) is 5.56 Å². The largest absolute Gasteiger partial charge is 0.324 e. The Hall–Kier alpha value is -1.78. The van der Waals surface area contributed by atoms with Gasteiger partial charge in [0.25, 0.3) is 0 Å². The van der Waals surface area contributed by atoms with Crippen LogP contribution in [0.3, 0.4) is 0 Å². The molecule has 0 unspecified atom stereocenters. The smallest absolute Gasteiger partial charge is 0.179 e. The van der Waals surface area contributed by atoms with Gasteiger partial charge in [0.2, 0.25) is 0 Å². The maximum absolute atomic E-state index is 11.5. The molecule has 1 fully saturated rings. The van der Waals surface area contributed by atoms with Crippen LogP contribution in [0.15, 0.2) is 36.7 Å². The van der Waals surface area contributed by atoms with Gasteiger partial charge in [0.05, 0.1) is 12.1 Å². The van der Waals surface area contributed by atoms with Crippen LogP contribution in [-0.2, 0) is 11.8 Å². The minimum absolute atomic E-state index is 0.0164. The Balaban J connectivity index is 1.77. The number of nitrogens with two attached hydrogens (primary N) is 1. The number of Topliss-reactive ketones (excluding diaryl/α,β-unsaturated/α-hetero) is 1. The van der Waals surface area contributed by atoms with E-state index in [1.807, 2.05) is 12.1 Å². The molecule has 0 aliphatic heterocycles. The SMILES string of the molecule is NCC(=O)c1cnc(CC2(c3ccc(Cl)cc3)CC2)nc1. The van der Waals surface area contributed by atoms with Gasteiger partial charge in [-0.15, -0.1) is 0 Å². The maximum Gasteiger partial charge on any atom is 0.179 e. The number of carbonyl (C=O) groups excluding carboxylic acids is 1. The van der Waals surface area contributed by atoms with Gasteiger partial charge in [0, 0.05) is 29.3 Å². The Morgan fingerprint density at radius 1 is 1.19 bits per heavy atom. The summed E-state index contributed by atoms with van der Waals surface area (Å²) in [4.78, 5) is 20.1. The van der Waals surface area contributed by atoms with Gasteiger partial charge in [0.1, 0.15) is 5.82 Å². The predicted molar refractivity (Wildman–Crippen MR) is 81.5 cm³/mol. The molecule has 1 heterocycles. The fraction of sp³-hybridized carbons (Fsp3) is 0.312. The highest BCUT2D eigenvalue weighted by molar-refractivity contribution is 6.30. The van der Waals surface area contributed by atoms with Crippen molar-refractivity contribution in [2.45, 2.75) is 24.7 Å². The molecule has 0 amide bonds. The van der Waals surface area contributed by atoms with Crippen molar-refractivity contribution < 1.29 is 4.79 Å². The van der Waals surface area contributed by atoms with Crippen molar-refractivity contribution in [2.24, 2.45) is 5.73 Å². The lowest BCUT2D eigenvalue weighted by Gasteiger charge is -2.14. The van der Waals surface area contributed by atoms with Crippen molar-refractivity contribution in [2.75, 3.05) is 6.54 Å². The molecule has 0 atom stereocenters. The molecule has 4 nitrogen and oxygen atoms in total. The van der Waals surface area contributed by atoms with Gasteiger partial charge in [-0.25, -0.2) is 9.97 Å². The molecule has 1 aliphatic carbocycles. The maximum atomic E-state index is 11.5. The van der Waals surface area contributed by atoms with Gasteiger partial charge in [-0.3, -0.25) is 4.79 Å². The quantitative estimate of drug-likeness (QED) is 0.862. The zero-order chi connectivity index (χ0) is 14.9. The fourth-order valence-corrected chi connectivity index (χ4v) is 2.66. The molecule has 1 aromatic heterocycles. The molecule has 3 rings (SSSR count). The minimum atomic E-state index is -0.139. The number of hydrogen-bond acceptors (Lipinski definition) is 4. The van der Waals surface area contributed by atoms with E-state index >= 15 is 0 Å². The van der Waals surface area contributed by atoms with Crippen LogP contribution in [0.25, 0.3) is 0 Å². The van der Waals surface area contributed by atoms with Crippen molar-refractivity contribution >= 4 is 17.4 Å². The second kappa shape index (κ2) is 5.54.